The van der Waals surface area contributed by atoms with E-state index in [1.165, 1.54) is 16.4 Å². The highest BCUT2D eigenvalue weighted by Gasteiger charge is 2.29. The van der Waals surface area contributed by atoms with Crippen molar-refractivity contribution in [2.24, 2.45) is 0 Å². The molecule has 3 rings (SSSR count). The summed E-state index contributed by atoms with van der Waals surface area (Å²) in [5.41, 5.74) is 1.52. The topological polar surface area (TPSA) is 66.5 Å². The van der Waals surface area contributed by atoms with E-state index in [4.69, 9.17) is 11.6 Å². The van der Waals surface area contributed by atoms with Gasteiger partial charge in [-0.25, -0.2) is 8.42 Å². The van der Waals surface area contributed by atoms with Gasteiger partial charge in [-0.05, 0) is 42.5 Å². The first-order valence-electron chi connectivity index (χ1n) is 9.02. The molecular weight excluding hydrogens is 384 g/mol. The standard InChI is InChI=1S/C20H23ClN2O3S/c1-15(16-7-3-2-4-8-16)13-20(24)22-17-9-10-18(21)19(14-17)27(25,26)23-11-5-6-12-23/h2-4,7-10,14-15H,5-6,11-13H2,1H3,(H,22,24). The summed E-state index contributed by atoms with van der Waals surface area (Å²) >= 11 is 6.14. The van der Waals surface area contributed by atoms with Crippen molar-refractivity contribution in [2.45, 2.75) is 37.0 Å². The van der Waals surface area contributed by atoms with Crippen molar-refractivity contribution < 1.29 is 13.2 Å². The highest BCUT2D eigenvalue weighted by molar-refractivity contribution is 7.89. The first kappa shape index (κ1) is 19.9. The molecule has 1 amide bonds. The molecule has 0 aromatic heterocycles. The molecule has 5 nitrogen and oxygen atoms in total. The number of hydrogen-bond donors (Lipinski definition) is 1. The number of halogens is 1. The number of amides is 1. The third-order valence-corrected chi connectivity index (χ3v) is 7.14. The van der Waals surface area contributed by atoms with Crippen LogP contribution < -0.4 is 5.32 Å². The van der Waals surface area contributed by atoms with Crippen LogP contribution in [0.15, 0.2) is 53.4 Å². The van der Waals surface area contributed by atoms with Gasteiger partial charge in [-0.1, -0.05) is 48.9 Å². The molecule has 0 radical (unpaired) electrons. The number of benzene rings is 2. The lowest BCUT2D eigenvalue weighted by atomic mass is 9.97. The number of nitrogens with zero attached hydrogens (tertiary/aromatic N) is 1. The van der Waals surface area contributed by atoms with E-state index < -0.39 is 10.0 Å². The molecule has 1 unspecified atom stereocenters. The number of anilines is 1. The van der Waals surface area contributed by atoms with Crippen molar-refractivity contribution in [1.82, 2.24) is 4.31 Å². The van der Waals surface area contributed by atoms with Crippen molar-refractivity contribution in [2.75, 3.05) is 18.4 Å². The van der Waals surface area contributed by atoms with E-state index in [1.807, 2.05) is 37.3 Å². The predicted molar refractivity (Wildman–Crippen MR) is 108 cm³/mol. The van der Waals surface area contributed by atoms with E-state index in [9.17, 15) is 13.2 Å². The van der Waals surface area contributed by atoms with Gasteiger partial charge in [0, 0.05) is 25.2 Å². The number of carbonyl (C=O) groups is 1. The van der Waals surface area contributed by atoms with Crippen LogP contribution in [0.5, 0.6) is 0 Å². The Labute approximate surface area is 165 Å². The molecule has 27 heavy (non-hydrogen) atoms. The minimum Gasteiger partial charge on any atom is -0.326 e. The lowest BCUT2D eigenvalue weighted by molar-refractivity contribution is -0.116. The number of sulfonamides is 1. The zero-order valence-electron chi connectivity index (χ0n) is 15.2. The number of hydrogen-bond acceptors (Lipinski definition) is 3. The van der Waals surface area contributed by atoms with Gasteiger partial charge in [0.2, 0.25) is 15.9 Å². The summed E-state index contributed by atoms with van der Waals surface area (Å²) in [5, 5.41) is 2.96. The summed E-state index contributed by atoms with van der Waals surface area (Å²) in [4.78, 5) is 12.4. The van der Waals surface area contributed by atoms with Gasteiger partial charge < -0.3 is 5.32 Å². The van der Waals surface area contributed by atoms with Gasteiger partial charge in [0.05, 0.1) is 5.02 Å². The van der Waals surface area contributed by atoms with Crippen molar-refractivity contribution in [3.63, 3.8) is 0 Å². The predicted octanol–water partition coefficient (Wildman–Crippen LogP) is 4.26. The van der Waals surface area contributed by atoms with Crippen LogP contribution in [-0.2, 0) is 14.8 Å². The van der Waals surface area contributed by atoms with Crippen LogP contribution in [0, 0.1) is 0 Å². The average Bonchev–Trinajstić information content (AvgIpc) is 3.19. The monoisotopic (exact) mass is 406 g/mol. The van der Waals surface area contributed by atoms with Crippen LogP contribution >= 0.6 is 11.6 Å². The molecule has 7 heteroatoms. The van der Waals surface area contributed by atoms with Crippen LogP contribution in [0.25, 0.3) is 0 Å². The maximum atomic E-state index is 12.8. The molecule has 1 heterocycles. The van der Waals surface area contributed by atoms with Crippen LogP contribution in [0.3, 0.4) is 0 Å². The van der Waals surface area contributed by atoms with E-state index in [0.29, 0.717) is 25.2 Å². The van der Waals surface area contributed by atoms with Crippen LogP contribution in [0.1, 0.15) is 37.7 Å². The smallest absolute Gasteiger partial charge is 0.244 e. The first-order valence-corrected chi connectivity index (χ1v) is 10.8. The molecule has 1 fully saturated rings. The highest BCUT2D eigenvalue weighted by atomic mass is 35.5. The molecule has 2 aromatic rings. The molecule has 1 aliphatic rings. The molecular formula is C20H23ClN2O3S. The zero-order chi connectivity index (χ0) is 19.4. The van der Waals surface area contributed by atoms with Crippen molar-refractivity contribution in [1.29, 1.82) is 0 Å². The summed E-state index contributed by atoms with van der Waals surface area (Å²) in [6, 6.07) is 14.4. The van der Waals surface area contributed by atoms with Gasteiger partial charge in [-0.3, -0.25) is 4.79 Å². The largest absolute Gasteiger partial charge is 0.326 e. The first-order chi connectivity index (χ1) is 12.9. The number of carbonyl (C=O) groups excluding carboxylic acids is 1. The third kappa shape index (κ3) is 4.69. The molecule has 1 N–H and O–H groups in total. The average molecular weight is 407 g/mol. The van der Waals surface area contributed by atoms with Crippen LogP contribution in [0.4, 0.5) is 5.69 Å². The van der Waals surface area contributed by atoms with E-state index in [1.54, 1.807) is 6.07 Å². The fourth-order valence-corrected chi connectivity index (χ4v) is 5.25. The fraction of sp³-hybridized carbons (Fsp3) is 0.350. The zero-order valence-corrected chi connectivity index (χ0v) is 16.8. The maximum absolute atomic E-state index is 12.8. The van der Waals surface area contributed by atoms with Gasteiger partial charge in [-0.2, -0.15) is 4.31 Å². The SMILES string of the molecule is CC(CC(=O)Nc1ccc(Cl)c(S(=O)(=O)N2CCCC2)c1)c1ccccc1. The van der Waals surface area contributed by atoms with Crippen molar-refractivity contribution >= 4 is 33.2 Å². The summed E-state index contributed by atoms with van der Waals surface area (Å²) in [6.45, 7) is 2.99. The Morgan fingerprint density at radius 2 is 1.81 bits per heavy atom. The lowest BCUT2D eigenvalue weighted by Gasteiger charge is -2.17. The van der Waals surface area contributed by atoms with E-state index in [2.05, 4.69) is 5.32 Å². The lowest BCUT2D eigenvalue weighted by Crippen LogP contribution is -2.28. The van der Waals surface area contributed by atoms with Gasteiger partial charge in [-0.15, -0.1) is 0 Å². The van der Waals surface area contributed by atoms with Crippen molar-refractivity contribution in [3.8, 4) is 0 Å². The van der Waals surface area contributed by atoms with Crippen LogP contribution in [0.2, 0.25) is 5.02 Å². The Kier molecular flexibility index (Phi) is 6.19. The van der Waals surface area contributed by atoms with E-state index >= 15 is 0 Å². The van der Waals surface area contributed by atoms with Gasteiger partial charge in [0.15, 0.2) is 0 Å². The van der Waals surface area contributed by atoms with Gasteiger partial charge in [0.25, 0.3) is 0 Å². The Hall–Kier alpha value is -1.89. The normalized spacial score (nSPS) is 16.2. The van der Waals surface area contributed by atoms with Crippen molar-refractivity contribution in [3.05, 3.63) is 59.1 Å². The molecule has 2 aromatic carbocycles. The molecule has 0 bridgehead atoms. The Balaban J connectivity index is 1.73. The second-order valence-corrected chi connectivity index (χ2v) is 9.13. The summed E-state index contributed by atoms with van der Waals surface area (Å²) in [7, 11) is -3.64. The molecule has 0 aliphatic carbocycles. The minimum absolute atomic E-state index is 0.0416. The fourth-order valence-electron chi connectivity index (χ4n) is 3.24. The molecule has 1 saturated heterocycles. The van der Waals surface area contributed by atoms with Gasteiger partial charge in [0.1, 0.15) is 4.90 Å². The Bertz CT molecular complexity index is 910. The molecule has 0 spiro atoms. The number of nitrogens with one attached hydrogen (secondary N) is 1. The molecule has 1 atom stereocenters. The molecule has 144 valence electrons. The van der Waals surface area contributed by atoms with E-state index in [-0.39, 0.29) is 21.7 Å². The summed E-state index contributed by atoms with van der Waals surface area (Å²) < 4.78 is 27.0. The quantitative estimate of drug-likeness (QED) is 0.779. The summed E-state index contributed by atoms with van der Waals surface area (Å²) in [5.74, 6) is -0.107. The number of rotatable bonds is 6. The van der Waals surface area contributed by atoms with Crippen LogP contribution in [-0.4, -0.2) is 31.7 Å². The highest BCUT2D eigenvalue weighted by Crippen LogP contribution is 2.30. The Morgan fingerprint density at radius 1 is 1.15 bits per heavy atom. The third-order valence-electron chi connectivity index (χ3n) is 4.76. The molecule has 1 aliphatic heterocycles. The minimum atomic E-state index is -3.64. The molecule has 0 saturated carbocycles. The second-order valence-electron chi connectivity index (χ2n) is 6.82. The maximum Gasteiger partial charge on any atom is 0.244 e. The van der Waals surface area contributed by atoms with E-state index in [0.717, 1.165) is 18.4 Å². The summed E-state index contributed by atoms with van der Waals surface area (Å²) in [6.07, 6.45) is 2.01. The van der Waals surface area contributed by atoms with Gasteiger partial charge >= 0.3 is 0 Å². The second kappa shape index (κ2) is 8.42. The Morgan fingerprint density at radius 3 is 2.48 bits per heavy atom.